The highest BCUT2D eigenvalue weighted by Crippen LogP contribution is 2.09. The van der Waals surface area contributed by atoms with E-state index in [-0.39, 0.29) is 6.29 Å². The monoisotopic (exact) mass is 279 g/mol. The zero-order valence-corrected chi connectivity index (χ0v) is 10.2. The van der Waals surface area contributed by atoms with Gasteiger partial charge in [-0.1, -0.05) is 0 Å². The number of amides is 1. The Morgan fingerprint density at radius 3 is 2.26 bits per heavy atom. The van der Waals surface area contributed by atoms with Crippen LogP contribution in [-0.4, -0.2) is 76.2 Å². The van der Waals surface area contributed by atoms with Crippen LogP contribution < -0.4 is 5.32 Å². The van der Waals surface area contributed by atoms with Crippen molar-refractivity contribution in [3.8, 4) is 0 Å². The zero-order valence-electron chi connectivity index (χ0n) is 10.2. The van der Waals surface area contributed by atoms with Gasteiger partial charge in [0.15, 0.2) is 6.10 Å². The van der Waals surface area contributed by atoms with Gasteiger partial charge < -0.3 is 35.3 Å². The number of aliphatic hydroxyl groups excluding tert-OH is 4. The molecule has 19 heavy (non-hydrogen) atoms. The molecule has 0 radical (unpaired) electrons. The van der Waals surface area contributed by atoms with Crippen molar-refractivity contribution in [2.75, 3.05) is 13.2 Å². The molecular weight excluding hydrogens is 262 g/mol. The molecule has 0 saturated heterocycles. The van der Waals surface area contributed by atoms with E-state index in [1.807, 2.05) is 5.32 Å². The largest absolute Gasteiger partial charge is 0.457 e. The lowest BCUT2D eigenvalue weighted by Gasteiger charge is -2.29. The first-order valence-electron chi connectivity index (χ1n) is 5.37. The van der Waals surface area contributed by atoms with Crippen LogP contribution in [0.4, 0.5) is 0 Å². The maximum atomic E-state index is 10.9. The molecule has 9 heteroatoms. The molecule has 0 fully saturated rings. The van der Waals surface area contributed by atoms with Crippen molar-refractivity contribution in [3.63, 3.8) is 0 Å². The molecular formula is C10H17NO8. The number of esters is 1. The van der Waals surface area contributed by atoms with Crippen LogP contribution in [0.15, 0.2) is 0 Å². The van der Waals surface area contributed by atoms with E-state index in [2.05, 4.69) is 4.74 Å². The van der Waals surface area contributed by atoms with Gasteiger partial charge in [0.05, 0.1) is 6.61 Å². The van der Waals surface area contributed by atoms with Gasteiger partial charge in [0.25, 0.3) is 0 Å². The summed E-state index contributed by atoms with van der Waals surface area (Å²) in [6.45, 7) is -0.724. The van der Waals surface area contributed by atoms with Gasteiger partial charge in [-0.2, -0.15) is 0 Å². The standard InChI is InChI=1S/C10H17NO8/c1-5(15)19-10(7(16)3-13)9(18)6(2-12)11-8(17)4-14/h2,6-7,9-10,13-14,16,18H,3-4H2,1H3,(H,11,17)/t6-,7-,9-,10-/m1/s1. The first kappa shape index (κ1) is 17.4. The molecule has 4 atom stereocenters. The molecule has 0 saturated carbocycles. The molecule has 0 aromatic heterocycles. The molecule has 0 spiro atoms. The molecule has 5 N–H and O–H groups in total. The van der Waals surface area contributed by atoms with E-state index in [1.54, 1.807) is 0 Å². The van der Waals surface area contributed by atoms with E-state index in [1.165, 1.54) is 0 Å². The highest BCUT2D eigenvalue weighted by atomic mass is 16.6. The van der Waals surface area contributed by atoms with E-state index in [9.17, 15) is 24.6 Å². The Bertz CT molecular complexity index is 321. The maximum absolute atomic E-state index is 10.9. The van der Waals surface area contributed by atoms with Crippen molar-refractivity contribution in [1.29, 1.82) is 0 Å². The molecule has 110 valence electrons. The summed E-state index contributed by atoms with van der Waals surface area (Å²) >= 11 is 0. The number of carbonyl (C=O) groups is 3. The van der Waals surface area contributed by atoms with Gasteiger partial charge in [-0.05, 0) is 0 Å². The average molecular weight is 279 g/mol. The van der Waals surface area contributed by atoms with Crippen molar-refractivity contribution >= 4 is 18.2 Å². The molecule has 0 bridgehead atoms. The summed E-state index contributed by atoms with van der Waals surface area (Å²) in [5, 5.41) is 38.5. The Kier molecular flexibility index (Phi) is 7.84. The summed E-state index contributed by atoms with van der Waals surface area (Å²) in [4.78, 5) is 32.5. The van der Waals surface area contributed by atoms with Crippen molar-refractivity contribution in [2.45, 2.75) is 31.3 Å². The molecule has 0 unspecified atom stereocenters. The fraction of sp³-hybridized carbons (Fsp3) is 0.700. The number of aldehydes is 1. The van der Waals surface area contributed by atoms with Crippen LogP contribution in [0.1, 0.15) is 6.92 Å². The lowest BCUT2D eigenvalue weighted by Crippen LogP contribution is -2.55. The Hall–Kier alpha value is -1.55. The Morgan fingerprint density at radius 1 is 1.32 bits per heavy atom. The number of rotatable bonds is 8. The van der Waals surface area contributed by atoms with Gasteiger partial charge >= 0.3 is 5.97 Å². The minimum atomic E-state index is -1.78. The Morgan fingerprint density at radius 2 is 1.89 bits per heavy atom. The summed E-state index contributed by atoms with van der Waals surface area (Å²) in [6.07, 6.45) is -4.86. The van der Waals surface area contributed by atoms with Crippen LogP contribution in [0.3, 0.4) is 0 Å². The van der Waals surface area contributed by atoms with Gasteiger partial charge in [0.1, 0.15) is 31.1 Å². The second kappa shape index (κ2) is 8.53. The van der Waals surface area contributed by atoms with E-state index in [0.29, 0.717) is 0 Å². The summed E-state index contributed by atoms with van der Waals surface area (Å²) in [5.41, 5.74) is 0. The highest BCUT2D eigenvalue weighted by Gasteiger charge is 2.35. The lowest BCUT2D eigenvalue weighted by molar-refractivity contribution is -0.167. The number of ether oxygens (including phenoxy) is 1. The second-order valence-electron chi connectivity index (χ2n) is 3.70. The van der Waals surface area contributed by atoms with Crippen LogP contribution in [0.2, 0.25) is 0 Å². The fourth-order valence-corrected chi connectivity index (χ4v) is 1.31. The molecule has 0 aliphatic carbocycles. The van der Waals surface area contributed by atoms with Crippen LogP contribution in [-0.2, 0) is 19.1 Å². The van der Waals surface area contributed by atoms with Crippen LogP contribution in [0.5, 0.6) is 0 Å². The first-order valence-corrected chi connectivity index (χ1v) is 5.37. The fourth-order valence-electron chi connectivity index (χ4n) is 1.31. The van der Waals surface area contributed by atoms with Gasteiger partial charge in [0.2, 0.25) is 5.91 Å². The van der Waals surface area contributed by atoms with Crippen molar-refractivity contribution < 1.29 is 39.5 Å². The summed E-state index contributed by atoms with van der Waals surface area (Å²) in [7, 11) is 0. The molecule has 0 aromatic carbocycles. The van der Waals surface area contributed by atoms with E-state index < -0.39 is 49.4 Å². The number of carbonyl (C=O) groups excluding carboxylic acids is 3. The number of aliphatic hydroxyl groups is 4. The maximum Gasteiger partial charge on any atom is 0.303 e. The quantitative estimate of drug-likeness (QED) is 0.225. The normalized spacial score (nSPS) is 16.9. The molecule has 0 aliphatic heterocycles. The first-order chi connectivity index (χ1) is 8.87. The van der Waals surface area contributed by atoms with Crippen LogP contribution in [0, 0.1) is 0 Å². The van der Waals surface area contributed by atoms with E-state index in [4.69, 9.17) is 10.2 Å². The van der Waals surface area contributed by atoms with Crippen LogP contribution in [0.25, 0.3) is 0 Å². The lowest BCUT2D eigenvalue weighted by atomic mass is 10.0. The zero-order chi connectivity index (χ0) is 15.0. The van der Waals surface area contributed by atoms with Crippen molar-refractivity contribution in [3.05, 3.63) is 0 Å². The van der Waals surface area contributed by atoms with E-state index >= 15 is 0 Å². The highest BCUT2D eigenvalue weighted by molar-refractivity contribution is 5.80. The second-order valence-corrected chi connectivity index (χ2v) is 3.70. The van der Waals surface area contributed by atoms with E-state index in [0.717, 1.165) is 6.92 Å². The smallest absolute Gasteiger partial charge is 0.303 e. The van der Waals surface area contributed by atoms with Gasteiger partial charge in [-0.3, -0.25) is 9.59 Å². The number of hydrogen-bond acceptors (Lipinski definition) is 8. The minimum Gasteiger partial charge on any atom is -0.457 e. The topological polar surface area (TPSA) is 153 Å². The van der Waals surface area contributed by atoms with Crippen molar-refractivity contribution in [1.82, 2.24) is 5.32 Å². The summed E-state index contributed by atoms with van der Waals surface area (Å²) in [5.74, 6) is -1.79. The molecule has 0 aromatic rings. The predicted molar refractivity (Wildman–Crippen MR) is 59.7 cm³/mol. The third kappa shape index (κ3) is 5.75. The average Bonchev–Trinajstić information content (AvgIpc) is 2.39. The van der Waals surface area contributed by atoms with Gasteiger partial charge in [-0.15, -0.1) is 0 Å². The SMILES string of the molecule is CC(=O)O[C@@H]([C@H](O)[C@@H](C=O)NC(=O)CO)[C@H](O)CO. The van der Waals surface area contributed by atoms with Gasteiger partial charge in [-0.25, -0.2) is 0 Å². The third-order valence-electron chi connectivity index (χ3n) is 2.19. The van der Waals surface area contributed by atoms with Crippen LogP contribution >= 0.6 is 0 Å². The molecule has 0 heterocycles. The predicted octanol–water partition coefficient (Wildman–Crippen LogP) is -3.69. The molecule has 1 amide bonds. The third-order valence-corrected chi connectivity index (χ3v) is 2.19. The Labute approximate surface area is 108 Å². The van der Waals surface area contributed by atoms with Crippen molar-refractivity contribution in [2.24, 2.45) is 0 Å². The summed E-state index contributed by atoms with van der Waals surface area (Å²) in [6, 6.07) is -1.51. The summed E-state index contributed by atoms with van der Waals surface area (Å²) < 4.78 is 4.59. The molecule has 0 rings (SSSR count). The number of hydrogen-bond donors (Lipinski definition) is 5. The van der Waals surface area contributed by atoms with Gasteiger partial charge in [0, 0.05) is 6.92 Å². The molecule has 9 nitrogen and oxygen atoms in total. The molecule has 0 aliphatic rings. The minimum absolute atomic E-state index is 0.152. The Balaban J connectivity index is 4.91. The number of nitrogens with one attached hydrogen (secondary N) is 1.